The van der Waals surface area contributed by atoms with E-state index in [4.69, 9.17) is 0 Å². The second kappa shape index (κ2) is 3.09. The molecule has 1 rings (SSSR count). The lowest BCUT2D eigenvalue weighted by molar-refractivity contribution is 0.0683. The van der Waals surface area contributed by atoms with Gasteiger partial charge in [0, 0.05) is 0 Å². The van der Waals surface area contributed by atoms with Crippen molar-refractivity contribution in [2.24, 2.45) is 0 Å². The lowest BCUT2D eigenvalue weighted by Crippen LogP contribution is -2.07. The summed E-state index contributed by atoms with van der Waals surface area (Å²) in [6.07, 6.45) is -2.88. The summed E-state index contributed by atoms with van der Waals surface area (Å²) in [5.74, 6) is -1.08. The first-order valence-corrected chi connectivity index (χ1v) is 3.86. The summed E-state index contributed by atoms with van der Waals surface area (Å²) >= 11 is 1.06. The predicted molar refractivity (Wildman–Crippen MR) is 39.4 cm³/mol. The minimum absolute atomic E-state index is 0.137. The molecule has 0 aliphatic rings. The number of hydrogen-bond acceptors (Lipinski definition) is 2. The Balaban J connectivity index is 2.85. The van der Waals surface area contributed by atoms with Crippen LogP contribution in [0.3, 0.4) is 0 Å². The van der Waals surface area contributed by atoms with E-state index in [1.165, 1.54) is 6.07 Å². The fourth-order valence-electron chi connectivity index (χ4n) is 0.668. The van der Waals surface area contributed by atoms with Crippen LogP contribution in [0.1, 0.15) is 15.2 Å². The van der Waals surface area contributed by atoms with Crippen LogP contribution in [0.25, 0.3) is 0 Å². The average molecular weight is 176 g/mol. The van der Waals surface area contributed by atoms with Gasteiger partial charge >= 0.3 is 6.43 Å². The van der Waals surface area contributed by atoms with E-state index in [1.807, 2.05) is 0 Å². The van der Waals surface area contributed by atoms with Gasteiger partial charge in [0.2, 0.25) is 5.78 Å². The lowest BCUT2D eigenvalue weighted by atomic mass is 10.3. The van der Waals surface area contributed by atoms with Gasteiger partial charge in [-0.3, -0.25) is 4.79 Å². The van der Waals surface area contributed by atoms with Crippen molar-refractivity contribution in [1.82, 2.24) is 0 Å². The second-order valence-electron chi connectivity index (χ2n) is 2.15. The van der Waals surface area contributed by atoms with Gasteiger partial charge in [-0.1, -0.05) is 0 Å². The van der Waals surface area contributed by atoms with Crippen molar-refractivity contribution in [3.63, 3.8) is 0 Å². The van der Waals surface area contributed by atoms with Crippen molar-refractivity contribution in [3.05, 3.63) is 21.9 Å². The number of thiophene rings is 1. The molecule has 1 aromatic rings. The number of ketones is 1. The Kier molecular flexibility index (Phi) is 2.34. The minimum atomic E-state index is -2.88. The lowest BCUT2D eigenvalue weighted by Gasteiger charge is -1.91. The number of carbonyl (C=O) groups is 1. The summed E-state index contributed by atoms with van der Waals surface area (Å²) in [5.41, 5.74) is 0.846. The molecule has 1 heterocycles. The predicted octanol–water partition coefficient (Wildman–Crippen LogP) is 2.50. The zero-order valence-corrected chi connectivity index (χ0v) is 6.62. The van der Waals surface area contributed by atoms with E-state index in [9.17, 15) is 13.6 Å². The summed E-state index contributed by atoms with van der Waals surface area (Å²) < 4.78 is 23.6. The topological polar surface area (TPSA) is 17.1 Å². The summed E-state index contributed by atoms with van der Waals surface area (Å²) in [6.45, 7) is 1.76. The molecule has 0 N–H and O–H groups in total. The van der Waals surface area contributed by atoms with Gasteiger partial charge in [0.15, 0.2) is 0 Å². The van der Waals surface area contributed by atoms with Crippen LogP contribution in [0.15, 0.2) is 11.4 Å². The van der Waals surface area contributed by atoms with Gasteiger partial charge in [-0.2, -0.15) is 0 Å². The van der Waals surface area contributed by atoms with E-state index in [0.717, 1.165) is 16.9 Å². The molecule has 0 unspecified atom stereocenters. The summed E-state index contributed by atoms with van der Waals surface area (Å²) in [7, 11) is 0. The molecule has 60 valence electrons. The van der Waals surface area contributed by atoms with Gasteiger partial charge in [0.05, 0.1) is 4.88 Å². The Morgan fingerprint density at radius 2 is 2.27 bits per heavy atom. The normalized spacial score (nSPS) is 10.5. The van der Waals surface area contributed by atoms with Crippen LogP contribution in [-0.2, 0) is 0 Å². The largest absolute Gasteiger partial charge is 0.301 e. The quantitative estimate of drug-likeness (QED) is 0.633. The maximum Gasteiger partial charge on any atom is 0.301 e. The van der Waals surface area contributed by atoms with Crippen LogP contribution in [0.2, 0.25) is 0 Å². The molecule has 1 nitrogen and oxygen atoms in total. The highest BCUT2D eigenvalue weighted by molar-refractivity contribution is 7.12. The number of aryl methyl sites for hydroxylation is 1. The van der Waals surface area contributed by atoms with Crippen molar-refractivity contribution < 1.29 is 13.6 Å². The Hall–Kier alpha value is -0.770. The van der Waals surface area contributed by atoms with Crippen LogP contribution in [0.5, 0.6) is 0 Å². The summed E-state index contributed by atoms with van der Waals surface area (Å²) in [5, 5.41) is 1.68. The van der Waals surface area contributed by atoms with E-state index < -0.39 is 12.2 Å². The molecule has 0 spiro atoms. The van der Waals surface area contributed by atoms with Crippen molar-refractivity contribution in [3.8, 4) is 0 Å². The maximum absolute atomic E-state index is 11.8. The van der Waals surface area contributed by atoms with E-state index in [-0.39, 0.29) is 4.88 Å². The molecule has 4 heteroatoms. The molecule has 1 aromatic heterocycles. The number of Topliss-reactive ketones (excluding diaryl/α,β-unsaturated/α-hetero) is 1. The molecule has 0 aliphatic carbocycles. The van der Waals surface area contributed by atoms with Crippen LogP contribution in [-0.4, -0.2) is 12.2 Å². The van der Waals surface area contributed by atoms with E-state index in [1.54, 1.807) is 12.3 Å². The number of alkyl halides is 2. The highest BCUT2D eigenvalue weighted by Crippen LogP contribution is 2.16. The van der Waals surface area contributed by atoms with Gasteiger partial charge in [-0.05, 0) is 23.9 Å². The monoisotopic (exact) mass is 176 g/mol. The zero-order valence-electron chi connectivity index (χ0n) is 5.80. The van der Waals surface area contributed by atoms with Crippen molar-refractivity contribution >= 4 is 17.1 Å². The number of hydrogen-bond donors (Lipinski definition) is 0. The highest BCUT2D eigenvalue weighted by atomic mass is 32.1. The molecule has 11 heavy (non-hydrogen) atoms. The molecule has 0 atom stereocenters. The molecule has 0 fully saturated rings. The summed E-state index contributed by atoms with van der Waals surface area (Å²) in [6, 6.07) is 1.47. The van der Waals surface area contributed by atoms with Crippen molar-refractivity contribution in [1.29, 1.82) is 0 Å². The first-order valence-electron chi connectivity index (χ1n) is 2.99. The molecule has 0 aliphatic heterocycles. The molecule has 0 saturated carbocycles. The number of rotatable bonds is 2. The molecule has 0 amide bonds. The molecule has 0 aromatic carbocycles. The third kappa shape index (κ3) is 1.83. The SMILES string of the molecule is Cc1csc(C(=O)C(F)F)c1. The van der Waals surface area contributed by atoms with Gasteiger partial charge in [-0.15, -0.1) is 11.3 Å². The highest BCUT2D eigenvalue weighted by Gasteiger charge is 2.18. The Morgan fingerprint density at radius 1 is 1.64 bits per heavy atom. The third-order valence-corrected chi connectivity index (χ3v) is 2.23. The standard InChI is InChI=1S/C7H6F2OS/c1-4-2-5(11-3-4)6(10)7(8)9/h2-3,7H,1H3. The van der Waals surface area contributed by atoms with Gasteiger partial charge in [-0.25, -0.2) is 8.78 Å². The smallest absolute Gasteiger partial charge is 0.287 e. The number of carbonyl (C=O) groups excluding carboxylic acids is 1. The molecule has 0 bridgehead atoms. The Labute approximate surface area is 66.7 Å². The van der Waals surface area contributed by atoms with Crippen LogP contribution >= 0.6 is 11.3 Å². The number of halogens is 2. The van der Waals surface area contributed by atoms with Crippen LogP contribution in [0.4, 0.5) is 8.78 Å². The van der Waals surface area contributed by atoms with Crippen LogP contribution < -0.4 is 0 Å². The van der Waals surface area contributed by atoms with E-state index in [2.05, 4.69) is 0 Å². The Bertz CT molecular complexity index is 267. The van der Waals surface area contributed by atoms with E-state index >= 15 is 0 Å². The first-order chi connectivity index (χ1) is 5.11. The Morgan fingerprint density at radius 3 is 2.64 bits per heavy atom. The molecular formula is C7H6F2OS. The fourth-order valence-corrected chi connectivity index (χ4v) is 1.51. The van der Waals surface area contributed by atoms with Crippen molar-refractivity contribution in [2.45, 2.75) is 13.3 Å². The minimum Gasteiger partial charge on any atom is -0.287 e. The zero-order chi connectivity index (χ0) is 8.43. The maximum atomic E-state index is 11.8. The van der Waals surface area contributed by atoms with Gasteiger partial charge in [0.1, 0.15) is 0 Å². The summed E-state index contributed by atoms with van der Waals surface area (Å²) in [4.78, 5) is 10.8. The van der Waals surface area contributed by atoms with Crippen molar-refractivity contribution in [2.75, 3.05) is 0 Å². The third-order valence-electron chi connectivity index (χ3n) is 1.17. The van der Waals surface area contributed by atoms with E-state index in [0.29, 0.717) is 0 Å². The fraction of sp³-hybridized carbons (Fsp3) is 0.286. The average Bonchev–Trinajstić information content (AvgIpc) is 2.34. The molecule has 0 saturated heterocycles. The molecule has 0 radical (unpaired) electrons. The molecular weight excluding hydrogens is 170 g/mol. The second-order valence-corrected chi connectivity index (χ2v) is 3.06. The first kappa shape index (κ1) is 8.33. The van der Waals surface area contributed by atoms with Gasteiger partial charge < -0.3 is 0 Å². The van der Waals surface area contributed by atoms with Gasteiger partial charge in [0.25, 0.3) is 0 Å². The van der Waals surface area contributed by atoms with Crippen LogP contribution in [0, 0.1) is 6.92 Å².